The standard InChI is InChI=1S/C13H10BrN3S/c1-8-5-6-9-10(7-8)16-13(15-9)18-12-4-2-3-11(14)17-12/h2-7H,1H3,(H,15,16). The number of benzene rings is 1. The summed E-state index contributed by atoms with van der Waals surface area (Å²) in [6.45, 7) is 2.07. The van der Waals surface area contributed by atoms with Crippen LogP contribution in [0.5, 0.6) is 0 Å². The monoisotopic (exact) mass is 319 g/mol. The van der Waals surface area contributed by atoms with Gasteiger partial charge in [0.2, 0.25) is 0 Å². The first kappa shape index (κ1) is 11.7. The van der Waals surface area contributed by atoms with Gasteiger partial charge in [-0.3, -0.25) is 0 Å². The number of fused-ring (bicyclic) bond motifs is 1. The van der Waals surface area contributed by atoms with E-state index < -0.39 is 0 Å². The number of imidazole rings is 1. The number of halogens is 1. The molecule has 18 heavy (non-hydrogen) atoms. The molecule has 0 aliphatic carbocycles. The maximum atomic E-state index is 4.53. The molecule has 0 atom stereocenters. The molecule has 1 N–H and O–H groups in total. The number of nitrogens with zero attached hydrogens (tertiary/aromatic N) is 2. The zero-order valence-electron chi connectivity index (χ0n) is 9.64. The largest absolute Gasteiger partial charge is 0.333 e. The molecule has 5 heteroatoms. The molecule has 0 radical (unpaired) electrons. The van der Waals surface area contributed by atoms with Gasteiger partial charge in [0.25, 0.3) is 0 Å². The average Bonchev–Trinajstić information content (AvgIpc) is 2.70. The Balaban J connectivity index is 1.95. The van der Waals surface area contributed by atoms with Crippen molar-refractivity contribution in [1.29, 1.82) is 0 Å². The SMILES string of the molecule is Cc1ccc2nc(Sc3cccc(Br)n3)[nH]c2c1. The van der Waals surface area contributed by atoms with Crippen LogP contribution in [0.25, 0.3) is 11.0 Å². The van der Waals surface area contributed by atoms with Gasteiger partial charge in [0.1, 0.15) is 9.63 Å². The third-order valence-electron chi connectivity index (χ3n) is 2.51. The van der Waals surface area contributed by atoms with Gasteiger partial charge in [0.15, 0.2) is 5.16 Å². The third kappa shape index (κ3) is 2.42. The first-order valence-corrected chi connectivity index (χ1v) is 7.08. The van der Waals surface area contributed by atoms with E-state index in [2.05, 4.69) is 49.9 Å². The van der Waals surface area contributed by atoms with Crippen molar-refractivity contribution in [2.24, 2.45) is 0 Å². The maximum absolute atomic E-state index is 4.53. The van der Waals surface area contributed by atoms with Crippen molar-refractivity contribution in [2.45, 2.75) is 17.1 Å². The first-order valence-electron chi connectivity index (χ1n) is 5.47. The molecule has 2 aromatic heterocycles. The van der Waals surface area contributed by atoms with Gasteiger partial charge >= 0.3 is 0 Å². The number of aryl methyl sites for hydroxylation is 1. The van der Waals surface area contributed by atoms with Crippen LogP contribution in [0.2, 0.25) is 0 Å². The summed E-state index contributed by atoms with van der Waals surface area (Å²) in [6, 6.07) is 12.0. The lowest BCUT2D eigenvalue weighted by Crippen LogP contribution is -1.81. The summed E-state index contributed by atoms with van der Waals surface area (Å²) >= 11 is 4.89. The molecule has 0 unspecified atom stereocenters. The molecule has 0 saturated carbocycles. The number of hydrogen-bond donors (Lipinski definition) is 1. The molecule has 0 saturated heterocycles. The normalized spacial score (nSPS) is 11.0. The van der Waals surface area contributed by atoms with Crippen LogP contribution in [0.1, 0.15) is 5.56 Å². The van der Waals surface area contributed by atoms with Crippen molar-refractivity contribution in [3.05, 3.63) is 46.6 Å². The molecule has 1 aromatic carbocycles. The van der Waals surface area contributed by atoms with Crippen LogP contribution in [0, 0.1) is 6.92 Å². The van der Waals surface area contributed by atoms with E-state index in [1.54, 1.807) is 0 Å². The number of aromatic nitrogens is 3. The predicted octanol–water partition coefficient (Wildman–Crippen LogP) is 4.18. The molecule has 0 fully saturated rings. The highest BCUT2D eigenvalue weighted by Gasteiger charge is 2.05. The lowest BCUT2D eigenvalue weighted by Gasteiger charge is -1.96. The minimum atomic E-state index is 0.833. The van der Waals surface area contributed by atoms with Crippen LogP contribution in [-0.2, 0) is 0 Å². The number of hydrogen-bond acceptors (Lipinski definition) is 3. The highest BCUT2D eigenvalue weighted by molar-refractivity contribution is 9.10. The molecular formula is C13H10BrN3S. The molecule has 2 heterocycles. The van der Waals surface area contributed by atoms with Crippen molar-refractivity contribution < 1.29 is 0 Å². The van der Waals surface area contributed by atoms with Gasteiger partial charge in [-0.2, -0.15) is 0 Å². The van der Waals surface area contributed by atoms with Gasteiger partial charge in [-0.15, -0.1) is 0 Å². The van der Waals surface area contributed by atoms with E-state index in [4.69, 9.17) is 0 Å². The van der Waals surface area contributed by atoms with Crippen LogP contribution >= 0.6 is 27.7 Å². The number of H-pyrrole nitrogens is 1. The fourth-order valence-corrected chi connectivity index (χ4v) is 2.95. The van der Waals surface area contributed by atoms with E-state index in [-0.39, 0.29) is 0 Å². The van der Waals surface area contributed by atoms with E-state index in [9.17, 15) is 0 Å². The Labute approximate surface area is 117 Å². The predicted molar refractivity (Wildman–Crippen MR) is 76.9 cm³/mol. The summed E-state index contributed by atoms with van der Waals surface area (Å²) in [6.07, 6.45) is 0. The second kappa shape index (κ2) is 4.74. The molecule has 3 aromatic rings. The summed E-state index contributed by atoms with van der Waals surface area (Å²) in [7, 11) is 0. The second-order valence-corrected chi connectivity index (χ2v) is 5.78. The minimum absolute atomic E-state index is 0.833. The number of nitrogens with one attached hydrogen (secondary N) is 1. The highest BCUT2D eigenvalue weighted by atomic mass is 79.9. The minimum Gasteiger partial charge on any atom is -0.333 e. The summed E-state index contributed by atoms with van der Waals surface area (Å²) in [5.74, 6) is 0. The molecule has 0 bridgehead atoms. The van der Waals surface area contributed by atoms with Crippen LogP contribution < -0.4 is 0 Å². The Bertz CT molecular complexity index is 708. The summed E-state index contributed by atoms with van der Waals surface area (Å²) in [4.78, 5) is 12.2. The molecular weight excluding hydrogens is 310 g/mol. The maximum Gasteiger partial charge on any atom is 0.172 e. The Kier molecular flexibility index (Phi) is 3.09. The molecule has 0 aliphatic heterocycles. The molecule has 3 rings (SSSR count). The Morgan fingerprint density at radius 2 is 2.06 bits per heavy atom. The molecule has 3 nitrogen and oxygen atoms in total. The van der Waals surface area contributed by atoms with Crippen LogP contribution in [0.15, 0.2) is 51.2 Å². The smallest absolute Gasteiger partial charge is 0.172 e. The Morgan fingerprint density at radius 3 is 2.89 bits per heavy atom. The average molecular weight is 320 g/mol. The van der Waals surface area contributed by atoms with Crippen molar-refractivity contribution in [1.82, 2.24) is 15.0 Å². The van der Waals surface area contributed by atoms with Gasteiger partial charge in [0.05, 0.1) is 11.0 Å². The highest BCUT2D eigenvalue weighted by Crippen LogP contribution is 2.26. The van der Waals surface area contributed by atoms with Crippen molar-refractivity contribution in [3.8, 4) is 0 Å². The van der Waals surface area contributed by atoms with Gasteiger partial charge in [-0.25, -0.2) is 9.97 Å². The van der Waals surface area contributed by atoms with Crippen molar-refractivity contribution in [3.63, 3.8) is 0 Å². The fraction of sp³-hybridized carbons (Fsp3) is 0.0769. The number of rotatable bonds is 2. The van der Waals surface area contributed by atoms with E-state index in [0.29, 0.717) is 0 Å². The second-order valence-electron chi connectivity index (χ2n) is 3.96. The van der Waals surface area contributed by atoms with Crippen molar-refractivity contribution >= 4 is 38.7 Å². The van der Waals surface area contributed by atoms with Crippen LogP contribution in [-0.4, -0.2) is 15.0 Å². The van der Waals surface area contributed by atoms with Gasteiger partial charge in [0, 0.05) is 0 Å². The van der Waals surface area contributed by atoms with E-state index in [1.165, 1.54) is 17.3 Å². The molecule has 0 spiro atoms. The molecule has 90 valence electrons. The summed E-state index contributed by atoms with van der Waals surface area (Å²) in [5.41, 5.74) is 3.27. The number of aromatic amines is 1. The molecule has 0 aliphatic rings. The first-order chi connectivity index (χ1) is 8.70. The zero-order chi connectivity index (χ0) is 12.5. The summed E-state index contributed by atoms with van der Waals surface area (Å²) < 4.78 is 0.833. The lowest BCUT2D eigenvalue weighted by molar-refractivity contribution is 1.05. The van der Waals surface area contributed by atoms with Gasteiger partial charge in [-0.05, 0) is 64.4 Å². The summed E-state index contributed by atoms with van der Waals surface area (Å²) in [5, 5.41) is 1.78. The van der Waals surface area contributed by atoms with Gasteiger partial charge < -0.3 is 4.98 Å². The topological polar surface area (TPSA) is 41.6 Å². The van der Waals surface area contributed by atoms with E-state index >= 15 is 0 Å². The molecule has 0 amide bonds. The van der Waals surface area contributed by atoms with E-state index in [1.807, 2.05) is 24.3 Å². The van der Waals surface area contributed by atoms with Crippen molar-refractivity contribution in [2.75, 3.05) is 0 Å². The Morgan fingerprint density at radius 1 is 1.17 bits per heavy atom. The van der Waals surface area contributed by atoms with Crippen LogP contribution in [0.3, 0.4) is 0 Å². The van der Waals surface area contributed by atoms with E-state index in [0.717, 1.165) is 25.8 Å². The zero-order valence-corrected chi connectivity index (χ0v) is 12.0. The van der Waals surface area contributed by atoms with Gasteiger partial charge in [-0.1, -0.05) is 12.1 Å². The lowest BCUT2D eigenvalue weighted by atomic mass is 10.2. The quantitative estimate of drug-likeness (QED) is 0.720. The fourth-order valence-electron chi connectivity index (χ4n) is 1.69. The number of pyridine rings is 1. The van der Waals surface area contributed by atoms with Crippen LogP contribution in [0.4, 0.5) is 0 Å². The third-order valence-corrected chi connectivity index (χ3v) is 3.77. The Hall–Kier alpha value is -1.33.